The highest BCUT2D eigenvalue weighted by Crippen LogP contribution is 2.27. The number of nitrogens with one attached hydrogen (secondary N) is 4. The molecule has 27 nitrogen and oxygen atoms in total. The first kappa shape index (κ1) is 90.1. The lowest BCUT2D eigenvalue weighted by molar-refractivity contribution is -0.157. The van der Waals surface area contributed by atoms with Crippen LogP contribution in [-0.4, -0.2) is 294 Å². The van der Waals surface area contributed by atoms with Crippen molar-refractivity contribution in [3.63, 3.8) is 0 Å². The Morgan fingerprint density at radius 3 is 1.49 bits per heavy atom. The number of hydrogen-bond donors (Lipinski definition) is 5. The van der Waals surface area contributed by atoms with Gasteiger partial charge in [-0.05, 0) is 95.3 Å². The van der Waals surface area contributed by atoms with Gasteiger partial charge in [0.15, 0.2) is 0 Å². The minimum absolute atomic E-state index is 0.00798. The minimum atomic E-state index is -4.43. The van der Waals surface area contributed by atoms with Gasteiger partial charge in [0, 0.05) is 81.4 Å². The number of piperazine rings is 1. The van der Waals surface area contributed by atoms with Crippen LogP contribution in [-0.2, 0) is 62.3 Å². The number of aliphatic hydroxyl groups excluding tert-OH is 1. The van der Waals surface area contributed by atoms with Crippen molar-refractivity contribution in [2.45, 2.75) is 235 Å². The van der Waals surface area contributed by atoms with Crippen LogP contribution in [0, 0.1) is 41.4 Å². The molecule has 0 aromatic heterocycles. The maximum atomic E-state index is 15.4. The van der Waals surface area contributed by atoms with Crippen molar-refractivity contribution in [3.05, 3.63) is 12.2 Å². The summed E-state index contributed by atoms with van der Waals surface area (Å²) in [6.07, 6.45) is -1.65. The van der Waals surface area contributed by atoms with Gasteiger partial charge in [0.1, 0.15) is 73.1 Å². The number of nitrogens with zero attached hydrogens (tertiary/aromatic N) is 9. The SMILES string of the molecule is C/C=C/C[C@@H](C)[C@@H](O)[C@H]1C(=O)N[C@@H](CCC)C(=O)N(C)[C@H](C)C(=O)N(C)[C@@H]([C@H](C)COCC(=O)N2CCN(CC(F)(F)F)CC2)C(=O)N[C@@H](C(C)C)C(=O)N(C)[C@@H](CC(C)C)C(=O)N[C@@H](C)C(=O)N[C@H](C)C(=O)N(C)[C@@H](CC(C)C)C(=O)N(C)[C@@H](CC(C)C)C(=O)N(C)[C@@H](C(C)C)C(=O)N1C. The number of likely N-dealkylation sites (N-methyl/N-ethyl adjacent to an activating group) is 7. The molecule has 5 N–H and O–H groups in total. The van der Waals surface area contributed by atoms with Crippen LogP contribution >= 0.6 is 0 Å². The zero-order valence-corrected chi connectivity index (χ0v) is 64.7. The van der Waals surface area contributed by atoms with Crippen molar-refractivity contribution in [1.29, 1.82) is 0 Å². The number of amides is 12. The van der Waals surface area contributed by atoms with E-state index in [4.69, 9.17) is 4.74 Å². The Hall–Kier alpha value is -6.95. The molecule has 2 rings (SSSR count). The van der Waals surface area contributed by atoms with E-state index in [0.717, 1.165) is 19.6 Å². The van der Waals surface area contributed by atoms with E-state index in [0.29, 0.717) is 6.42 Å². The molecule has 0 aliphatic carbocycles. The van der Waals surface area contributed by atoms with Gasteiger partial charge in [0.05, 0.1) is 19.3 Å². The fourth-order valence-corrected chi connectivity index (χ4v) is 12.9. The molecule has 2 saturated heterocycles. The molecule has 2 heterocycles. The summed E-state index contributed by atoms with van der Waals surface area (Å²) in [5.41, 5.74) is 0. The largest absolute Gasteiger partial charge is 0.401 e. The van der Waals surface area contributed by atoms with E-state index in [1.807, 2.05) is 41.5 Å². The van der Waals surface area contributed by atoms with Gasteiger partial charge >= 0.3 is 6.18 Å². The maximum Gasteiger partial charge on any atom is 0.401 e. The highest BCUT2D eigenvalue weighted by atomic mass is 19.4. The minimum Gasteiger partial charge on any atom is -0.390 e. The molecule has 0 spiro atoms. The summed E-state index contributed by atoms with van der Waals surface area (Å²) >= 11 is 0. The fraction of sp³-hybridized carbons (Fsp3) is 0.803. The third kappa shape index (κ3) is 25.8. The molecule has 30 heteroatoms. The third-order valence-electron chi connectivity index (χ3n) is 19.2. The predicted molar refractivity (Wildman–Crippen MR) is 377 cm³/mol. The van der Waals surface area contributed by atoms with E-state index in [2.05, 4.69) is 21.3 Å². The molecule has 578 valence electrons. The molecular weight excluding hydrogens is 1320 g/mol. The molecule has 0 unspecified atom stereocenters. The molecule has 14 atom stereocenters. The Bertz CT molecular complexity index is 2840. The van der Waals surface area contributed by atoms with Gasteiger partial charge in [-0.3, -0.25) is 62.4 Å². The Kier molecular flexibility index (Phi) is 36.4. The number of carbonyl (C=O) groups is 12. The number of ether oxygens (including phenoxy) is 1. The van der Waals surface area contributed by atoms with Crippen LogP contribution in [0.3, 0.4) is 0 Å². The first-order valence-electron chi connectivity index (χ1n) is 35.7. The van der Waals surface area contributed by atoms with Crippen LogP contribution in [0.15, 0.2) is 12.2 Å². The van der Waals surface area contributed by atoms with E-state index in [1.165, 1.54) is 94.6 Å². The molecule has 2 aliphatic rings. The second kappa shape index (κ2) is 40.8. The van der Waals surface area contributed by atoms with Crippen molar-refractivity contribution >= 4 is 70.9 Å². The van der Waals surface area contributed by atoms with Crippen molar-refractivity contribution in [1.82, 2.24) is 65.4 Å². The number of halogens is 3. The number of allylic oxidation sites excluding steroid dienone is 2. The average molecular weight is 1440 g/mol. The summed E-state index contributed by atoms with van der Waals surface area (Å²) in [7, 11) is 9.56. The lowest BCUT2D eigenvalue weighted by Gasteiger charge is -2.41. The molecule has 12 amide bonds. The Morgan fingerprint density at radius 1 is 0.535 bits per heavy atom. The standard InChI is InChI=1S/C71H124F3N13O14/c1-25-27-29-45(13)59(89)58-63(93)77-50(28-26-2)66(96)79(18)49(17)65(95)84(23)57(46(14)37-101-38-54(88)87-32-30-86(31-33-87)39-71(72,73)74)62(92)78-55(43(9)10)69(99)80(19)51(34-40(3)4)61(91)75-47(15)60(90)76-48(16)64(94)81(20)52(35-41(5)6)67(97)82(21)53(36-42(7)8)68(98)83(22)56(44(11)12)70(100)85(58)24/h25,27,40-53,55-59,89H,26,28-39H2,1-24H3,(H,75,91)(H,76,90)(H,77,93)(H,78,92)/b27-25+/t45-,46-,47+,48-,49-,50+,51+,52+,53+,55+,56+,57+,58+,59-/m1/s1. The topological polar surface area (TPSA) is 312 Å². The lowest BCUT2D eigenvalue weighted by atomic mass is 9.91. The molecular formula is C71H124F3N13O14. The monoisotopic (exact) mass is 1440 g/mol. The quantitative estimate of drug-likeness (QED) is 0.109. The summed E-state index contributed by atoms with van der Waals surface area (Å²) in [5.74, 6) is -12.6. The Morgan fingerprint density at radius 2 is 1.00 bits per heavy atom. The average Bonchev–Trinajstić information content (AvgIpc) is 0.811. The number of alkyl halides is 3. The van der Waals surface area contributed by atoms with Crippen molar-refractivity contribution in [2.24, 2.45) is 41.4 Å². The number of hydrogen-bond acceptors (Lipinski definition) is 15. The van der Waals surface area contributed by atoms with E-state index >= 15 is 28.8 Å². The second-order valence-corrected chi connectivity index (χ2v) is 29.9. The van der Waals surface area contributed by atoms with E-state index < -0.39 is 186 Å². The normalized spacial score (nSPS) is 26.8. The predicted octanol–water partition coefficient (Wildman–Crippen LogP) is 3.36. The summed E-state index contributed by atoms with van der Waals surface area (Å²) in [4.78, 5) is 188. The van der Waals surface area contributed by atoms with E-state index in [-0.39, 0.29) is 82.6 Å². The molecule has 101 heavy (non-hydrogen) atoms. The maximum absolute atomic E-state index is 15.4. The zero-order valence-electron chi connectivity index (χ0n) is 64.7. The first-order chi connectivity index (χ1) is 46.7. The highest BCUT2D eigenvalue weighted by Gasteiger charge is 2.47. The molecule has 0 aromatic carbocycles. The van der Waals surface area contributed by atoms with Gasteiger partial charge < -0.3 is 70.3 Å². The zero-order chi connectivity index (χ0) is 77.7. The third-order valence-corrected chi connectivity index (χ3v) is 19.2. The molecule has 0 bridgehead atoms. The van der Waals surface area contributed by atoms with Crippen molar-refractivity contribution in [3.8, 4) is 0 Å². The van der Waals surface area contributed by atoms with Crippen molar-refractivity contribution in [2.75, 3.05) is 95.3 Å². The lowest BCUT2D eigenvalue weighted by Crippen LogP contribution is -2.64. The van der Waals surface area contributed by atoms with Crippen LogP contribution < -0.4 is 21.3 Å². The fourth-order valence-electron chi connectivity index (χ4n) is 12.9. The summed E-state index contributed by atoms with van der Waals surface area (Å²) in [5, 5.41) is 23.2. The Labute approximate surface area is 598 Å². The molecule has 0 saturated carbocycles. The summed E-state index contributed by atoms with van der Waals surface area (Å²) < 4.78 is 45.4. The molecule has 2 aliphatic heterocycles. The van der Waals surface area contributed by atoms with Crippen LogP contribution in [0.4, 0.5) is 13.2 Å². The van der Waals surface area contributed by atoms with Gasteiger partial charge in [0.25, 0.3) is 0 Å². The summed E-state index contributed by atoms with van der Waals surface area (Å²) in [6.45, 7) is 26.5. The van der Waals surface area contributed by atoms with Gasteiger partial charge in [0.2, 0.25) is 70.9 Å². The molecule has 0 aromatic rings. The van der Waals surface area contributed by atoms with Gasteiger partial charge in [-0.25, -0.2) is 0 Å². The summed E-state index contributed by atoms with van der Waals surface area (Å²) in [6, 6.07) is -15.0. The number of rotatable bonds is 20. The smallest absolute Gasteiger partial charge is 0.390 e. The number of carbonyl (C=O) groups excluding carboxylic acids is 12. The second-order valence-electron chi connectivity index (χ2n) is 29.9. The van der Waals surface area contributed by atoms with Crippen LogP contribution in [0.5, 0.6) is 0 Å². The van der Waals surface area contributed by atoms with Crippen LogP contribution in [0.2, 0.25) is 0 Å². The molecule has 0 radical (unpaired) electrons. The van der Waals surface area contributed by atoms with Gasteiger partial charge in [-0.2, -0.15) is 13.2 Å². The van der Waals surface area contributed by atoms with Gasteiger partial charge in [-0.1, -0.05) is 109 Å². The van der Waals surface area contributed by atoms with E-state index in [9.17, 15) is 47.0 Å². The highest BCUT2D eigenvalue weighted by molar-refractivity contribution is 6.00. The van der Waals surface area contributed by atoms with Crippen LogP contribution in [0.25, 0.3) is 0 Å². The van der Waals surface area contributed by atoms with Gasteiger partial charge in [-0.15, -0.1) is 0 Å². The Balaban J connectivity index is 3.04. The van der Waals surface area contributed by atoms with E-state index in [1.54, 1.807) is 67.5 Å². The van der Waals surface area contributed by atoms with Crippen molar-refractivity contribution < 1.29 is 80.5 Å². The number of aliphatic hydroxyl groups is 1. The van der Waals surface area contributed by atoms with Crippen LogP contribution in [0.1, 0.15) is 156 Å². The molecule has 2 fully saturated rings. The first-order valence-corrected chi connectivity index (χ1v) is 35.7.